The summed E-state index contributed by atoms with van der Waals surface area (Å²) in [7, 11) is 0. The van der Waals surface area contributed by atoms with E-state index >= 15 is 0 Å². The lowest BCUT2D eigenvalue weighted by Crippen LogP contribution is -2.30. The Morgan fingerprint density at radius 1 is 1.50 bits per heavy atom. The molecular formula is C11H13IN4O2. The number of rotatable bonds is 3. The highest BCUT2D eigenvalue weighted by Crippen LogP contribution is 2.05. The maximum Gasteiger partial charge on any atom is 0.336 e. The number of guanidine groups is 1. The first-order valence-electron chi connectivity index (χ1n) is 5.17. The Bertz CT molecular complexity index is 488. The molecule has 96 valence electrons. The van der Waals surface area contributed by atoms with Gasteiger partial charge in [0.1, 0.15) is 0 Å². The number of nitrogens with one attached hydrogen (secondary N) is 2. The first kappa shape index (κ1) is 14.4. The summed E-state index contributed by atoms with van der Waals surface area (Å²) in [5.41, 5.74) is 3.48. The first-order valence-corrected chi connectivity index (χ1v) is 5.17. The number of halogens is 1. The lowest BCUT2D eigenvalue weighted by molar-refractivity contribution is 0.0697. The monoisotopic (exact) mass is 360 g/mol. The summed E-state index contributed by atoms with van der Waals surface area (Å²) < 4.78 is 0. The molecule has 0 saturated carbocycles. The van der Waals surface area contributed by atoms with Gasteiger partial charge in [-0.15, -0.1) is 24.0 Å². The van der Waals surface area contributed by atoms with Gasteiger partial charge in [0, 0.05) is 12.1 Å². The first-order chi connectivity index (χ1) is 8.27. The molecule has 1 aliphatic rings. The van der Waals surface area contributed by atoms with Gasteiger partial charge in [-0.25, -0.2) is 15.2 Å². The van der Waals surface area contributed by atoms with Crippen LogP contribution in [0, 0.1) is 0 Å². The van der Waals surface area contributed by atoms with Crippen molar-refractivity contribution in [3.63, 3.8) is 0 Å². The van der Waals surface area contributed by atoms with Crippen LogP contribution >= 0.6 is 24.0 Å². The molecule has 7 heteroatoms. The molecule has 18 heavy (non-hydrogen) atoms. The molecule has 3 N–H and O–H groups in total. The highest BCUT2D eigenvalue weighted by atomic mass is 127. The number of nitrogens with zero attached hydrogens (tertiary/aromatic N) is 2. The number of hydrazone groups is 1. The van der Waals surface area contributed by atoms with Crippen LogP contribution in [0.4, 0.5) is 0 Å². The molecule has 1 aromatic rings. The zero-order valence-corrected chi connectivity index (χ0v) is 11.8. The maximum absolute atomic E-state index is 10.9. The van der Waals surface area contributed by atoms with Crippen LogP contribution in [0.5, 0.6) is 0 Å². The van der Waals surface area contributed by atoms with E-state index in [1.54, 1.807) is 18.2 Å². The second-order valence-corrected chi connectivity index (χ2v) is 3.42. The number of benzene rings is 1. The van der Waals surface area contributed by atoms with Crippen molar-refractivity contribution in [2.75, 3.05) is 13.1 Å². The molecule has 1 aliphatic heterocycles. The van der Waals surface area contributed by atoms with Gasteiger partial charge in [0.2, 0.25) is 5.96 Å². The van der Waals surface area contributed by atoms with Gasteiger partial charge in [0.25, 0.3) is 0 Å². The van der Waals surface area contributed by atoms with Gasteiger partial charge in [-0.3, -0.25) is 0 Å². The Morgan fingerprint density at radius 2 is 2.28 bits per heavy atom. The van der Waals surface area contributed by atoms with Gasteiger partial charge < -0.3 is 10.4 Å². The molecule has 0 aromatic heterocycles. The number of carboxylic acid groups (broad SMARTS) is 1. The molecule has 0 aliphatic carbocycles. The van der Waals surface area contributed by atoms with Gasteiger partial charge in [0.15, 0.2) is 0 Å². The Labute approximate surface area is 121 Å². The van der Waals surface area contributed by atoms with E-state index in [0.29, 0.717) is 11.5 Å². The van der Waals surface area contributed by atoms with E-state index in [1.807, 2.05) is 0 Å². The number of hydrogen-bond donors (Lipinski definition) is 3. The Kier molecular flexibility index (Phi) is 5.56. The van der Waals surface area contributed by atoms with E-state index in [-0.39, 0.29) is 29.5 Å². The quantitative estimate of drug-likeness (QED) is 0.425. The van der Waals surface area contributed by atoms with E-state index in [2.05, 4.69) is 20.8 Å². The Morgan fingerprint density at radius 3 is 2.94 bits per heavy atom. The van der Waals surface area contributed by atoms with E-state index in [9.17, 15) is 4.79 Å². The number of hydrogen-bond acceptors (Lipinski definition) is 5. The number of carboxylic acids is 1. The van der Waals surface area contributed by atoms with Crippen LogP contribution in [-0.4, -0.2) is 36.3 Å². The minimum absolute atomic E-state index is 0. The van der Waals surface area contributed by atoms with Crippen LogP contribution in [0.15, 0.2) is 34.4 Å². The molecule has 0 saturated heterocycles. The summed E-state index contributed by atoms with van der Waals surface area (Å²) in [5, 5.41) is 15.9. The van der Waals surface area contributed by atoms with E-state index < -0.39 is 5.97 Å². The third-order valence-corrected chi connectivity index (χ3v) is 2.24. The van der Waals surface area contributed by atoms with Crippen LogP contribution in [-0.2, 0) is 0 Å². The molecule has 0 unspecified atom stereocenters. The van der Waals surface area contributed by atoms with E-state index in [1.165, 1.54) is 12.3 Å². The smallest absolute Gasteiger partial charge is 0.336 e. The lowest BCUT2D eigenvalue weighted by atomic mass is 10.1. The molecule has 0 spiro atoms. The normalized spacial score (nSPS) is 13.7. The number of aromatic carboxylic acids is 1. The van der Waals surface area contributed by atoms with Gasteiger partial charge in [0.05, 0.1) is 18.3 Å². The minimum Gasteiger partial charge on any atom is -0.478 e. The van der Waals surface area contributed by atoms with Crippen LogP contribution in [0.3, 0.4) is 0 Å². The van der Waals surface area contributed by atoms with Crippen LogP contribution in [0.1, 0.15) is 15.9 Å². The fraction of sp³-hybridized carbons (Fsp3) is 0.182. The fourth-order valence-electron chi connectivity index (χ4n) is 1.44. The third-order valence-electron chi connectivity index (χ3n) is 2.24. The summed E-state index contributed by atoms with van der Waals surface area (Å²) in [4.78, 5) is 15.0. The van der Waals surface area contributed by atoms with Crippen molar-refractivity contribution in [2.24, 2.45) is 10.1 Å². The van der Waals surface area contributed by atoms with E-state index in [0.717, 1.165) is 13.1 Å². The van der Waals surface area contributed by atoms with Crippen molar-refractivity contribution in [2.45, 2.75) is 0 Å². The topological polar surface area (TPSA) is 86.1 Å². The predicted octanol–water partition coefficient (Wildman–Crippen LogP) is 0.885. The van der Waals surface area contributed by atoms with Crippen molar-refractivity contribution >= 4 is 42.1 Å². The molecular weight excluding hydrogens is 347 g/mol. The second-order valence-electron chi connectivity index (χ2n) is 3.42. The minimum atomic E-state index is -0.969. The SMILES string of the molecule is I.O=C(O)c1ccccc1C=NNC1=NCCN1. The molecule has 0 fully saturated rings. The molecule has 0 amide bonds. The molecule has 1 heterocycles. The molecule has 6 nitrogen and oxygen atoms in total. The zero-order valence-electron chi connectivity index (χ0n) is 9.46. The molecule has 0 radical (unpaired) electrons. The average Bonchev–Trinajstić information content (AvgIpc) is 2.82. The van der Waals surface area contributed by atoms with Crippen LogP contribution in [0.25, 0.3) is 0 Å². The number of aliphatic imine (C=N–C) groups is 1. The standard InChI is InChI=1S/C11H12N4O2.HI/c16-10(17)9-4-2-1-3-8(9)7-14-15-11-12-5-6-13-11;/h1-4,7H,5-6H2,(H,16,17)(H2,12,13,15);1H. The van der Waals surface area contributed by atoms with E-state index in [4.69, 9.17) is 5.11 Å². The fourth-order valence-corrected chi connectivity index (χ4v) is 1.44. The summed E-state index contributed by atoms with van der Waals surface area (Å²) >= 11 is 0. The molecule has 2 rings (SSSR count). The zero-order chi connectivity index (χ0) is 12.1. The van der Waals surface area contributed by atoms with Crippen LogP contribution in [0.2, 0.25) is 0 Å². The average molecular weight is 360 g/mol. The summed E-state index contributed by atoms with van der Waals surface area (Å²) in [6.45, 7) is 1.52. The second kappa shape index (κ2) is 6.94. The van der Waals surface area contributed by atoms with Crippen molar-refractivity contribution < 1.29 is 9.90 Å². The largest absolute Gasteiger partial charge is 0.478 e. The lowest BCUT2D eigenvalue weighted by Gasteiger charge is -2.01. The predicted molar refractivity (Wildman–Crippen MR) is 79.9 cm³/mol. The van der Waals surface area contributed by atoms with Gasteiger partial charge in [-0.05, 0) is 6.07 Å². The van der Waals surface area contributed by atoms with Crippen LogP contribution < -0.4 is 10.7 Å². The Balaban J connectivity index is 0.00000162. The van der Waals surface area contributed by atoms with Gasteiger partial charge in [-0.1, -0.05) is 18.2 Å². The molecule has 0 bridgehead atoms. The van der Waals surface area contributed by atoms with Crippen molar-refractivity contribution in [1.29, 1.82) is 0 Å². The summed E-state index contributed by atoms with van der Waals surface area (Å²) in [6, 6.07) is 6.67. The summed E-state index contributed by atoms with van der Waals surface area (Å²) in [6.07, 6.45) is 1.46. The van der Waals surface area contributed by atoms with Gasteiger partial charge >= 0.3 is 5.97 Å². The molecule has 0 atom stereocenters. The highest BCUT2D eigenvalue weighted by Gasteiger charge is 2.07. The van der Waals surface area contributed by atoms with Crippen molar-refractivity contribution in [1.82, 2.24) is 10.7 Å². The summed E-state index contributed by atoms with van der Waals surface area (Å²) in [5.74, 6) is -0.363. The third kappa shape index (κ3) is 3.69. The maximum atomic E-state index is 10.9. The van der Waals surface area contributed by atoms with Gasteiger partial charge in [-0.2, -0.15) is 5.10 Å². The number of carbonyl (C=O) groups is 1. The van der Waals surface area contributed by atoms with Crippen molar-refractivity contribution in [3.8, 4) is 0 Å². The van der Waals surface area contributed by atoms with Crippen molar-refractivity contribution in [3.05, 3.63) is 35.4 Å². The Hall–Kier alpha value is -1.64. The highest BCUT2D eigenvalue weighted by molar-refractivity contribution is 14.0. The molecule has 1 aromatic carbocycles.